The fourth-order valence-corrected chi connectivity index (χ4v) is 3.24. The molecule has 2 amide bonds. The second kappa shape index (κ2) is 10.4. The molecule has 0 saturated carbocycles. The lowest BCUT2D eigenvalue weighted by Gasteiger charge is -2.31. The maximum absolute atomic E-state index is 13.1. The van der Waals surface area contributed by atoms with Gasteiger partial charge in [-0.2, -0.15) is 0 Å². The smallest absolute Gasteiger partial charge is 0.261 e. The van der Waals surface area contributed by atoms with Crippen LogP contribution in [0.1, 0.15) is 44.4 Å². The SMILES string of the molecule is Cc1ccc(OCC(=O)N(Cc2ccc(Cl)c(Cl)c2)C(C)C(=O)NC(C)(C)C)cc1C. The molecule has 0 aliphatic rings. The quantitative estimate of drug-likeness (QED) is 0.602. The van der Waals surface area contributed by atoms with Crippen LogP contribution < -0.4 is 10.1 Å². The Balaban J connectivity index is 2.21. The molecule has 168 valence electrons. The highest BCUT2D eigenvalue weighted by molar-refractivity contribution is 6.42. The minimum Gasteiger partial charge on any atom is -0.484 e. The standard InChI is InChI=1S/C24H30Cl2N2O3/c1-15-7-9-19(11-16(15)2)31-14-22(29)28(17(3)23(30)27-24(4,5)6)13-18-8-10-20(25)21(26)12-18/h7-12,17H,13-14H2,1-6H3,(H,27,30). The number of hydrogen-bond donors (Lipinski definition) is 1. The summed E-state index contributed by atoms with van der Waals surface area (Å²) in [5, 5.41) is 3.75. The number of aryl methyl sites for hydroxylation is 2. The van der Waals surface area contributed by atoms with Crippen LogP contribution in [0, 0.1) is 13.8 Å². The van der Waals surface area contributed by atoms with Gasteiger partial charge in [0.2, 0.25) is 5.91 Å². The second-order valence-corrected chi connectivity index (χ2v) is 9.53. The topological polar surface area (TPSA) is 58.6 Å². The van der Waals surface area contributed by atoms with Gasteiger partial charge in [0.25, 0.3) is 5.91 Å². The molecule has 0 fully saturated rings. The first-order valence-electron chi connectivity index (χ1n) is 10.1. The van der Waals surface area contributed by atoms with E-state index in [0.29, 0.717) is 15.8 Å². The maximum Gasteiger partial charge on any atom is 0.261 e. The van der Waals surface area contributed by atoms with Crippen molar-refractivity contribution in [3.8, 4) is 5.75 Å². The van der Waals surface area contributed by atoms with E-state index in [0.717, 1.165) is 16.7 Å². The lowest BCUT2D eigenvalue weighted by Crippen LogP contribution is -2.53. The van der Waals surface area contributed by atoms with Crippen molar-refractivity contribution in [1.82, 2.24) is 10.2 Å². The lowest BCUT2D eigenvalue weighted by molar-refractivity contribution is -0.142. The Morgan fingerprint density at radius 3 is 2.29 bits per heavy atom. The number of halogens is 2. The van der Waals surface area contributed by atoms with Crippen molar-refractivity contribution >= 4 is 35.0 Å². The molecule has 5 nitrogen and oxygen atoms in total. The molecule has 0 aliphatic heterocycles. The van der Waals surface area contributed by atoms with Crippen LogP contribution in [0.5, 0.6) is 5.75 Å². The summed E-state index contributed by atoms with van der Waals surface area (Å²) in [6, 6.07) is 10.1. The van der Waals surface area contributed by atoms with E-state index in [1.165, 1.54) is 4.90 Å². The highest BCUT2D eigenvalue weighted by Crippen LogP contribution is 2.24. The second-order valence-electron chi connectivity index (χ2n) is 8.72. The van der Waals surface area contributed by atoms with Crippen molar-refractivity contribution in [3.63, 3.8) is 0 Å². The number of carbonyl (C=O) groups is 2. The van der Waals surface area contributed by atoms with Crippen LogP contribution in [0.4, 0.5) is 0 Å². The molecule has 0 spiro atoms. The van der Waals surface area contributed by atoms with Crippen molar-refractivity contribution in [2.45, 2.75) is 59.7 Å². The van der Waals surface area contributed by atoms with E-state index in [-0.39, 0.29) is 25.0 Å². The van der Waals surface area contributed by atoms with Crippen molar-refractivity contribution in [3.05, 3.63) is 63.1 Å². The average Bonchev–Trinajstić information content (AvgIpc) is 2.67. The number of amides is 2. The number of nitrogens with one attached hydrogen (secondary N) is 1. The van der Waals surface area contributed by atoms with Crippen LogP contribution in [0.3, 0.4) is 0 Å². The number of benzene rings is 2. The molecule has 0 heterocycles. The summed E-state index contributed by atoms with van der Waals surface area (Å²) in [5.74, 6) is 0.0608. The molecule has 0 bridgehead atoms. The van der Waals surface area contributed by atoms with E-state index in [1.807, 2.05) is 52.8 Å². The van der Waals surface area contributed by atoms with Gasteiger partial charge >= 0.3 is 0 Å². The highest BCUT2D eigenvalue weighted by atomic mass is 35.5. The van der Waals surface area contributed by atoms with Gasteiger partial charge in [0, 0.05) is 12.1 Å². The fraction of sp³-hybridized carbons (Fsp3) is 0.417. The maximum atomic E-state index is 13.1. The molecule has 7 heteroatoms. The minimum absolute atomic E-state index is 0.184. The Morgan fingerprint density at radius 1 is 1.03 bits per heavy atom. The van der Waals surface area contributed by atoms with Crippen molar-refractivity contribution < 1.29 is 14.3 Å². The normalized spacial score (nSPS) is 12.3. The van der Waals surface area contributed by atoms with Gasteiger partial charge in [-0.15, -0.1) is 0 Å². The van der Waals surface area contributed by atoms with Crippen LogP contribution >= 0.6 is 23.2 Å². The predicted molar refractivity (Wildman–Crippen MR) is 126 cm³/mol. The monoisotopic (exact) mass is 464 g/mol. The molecule has 0 radical (unpaired) electrons. The molecule has 2 rings (SSSR count). The Bertz CT molecular complexity index is 954. The van der Waals surface area contributed by atoms with Gasteiger partial charge in [-0.1, -0.05) is 35.3 Å². The fourth-order valence-electron chi connectivity index (χ4n) is 2.92. The Morgan fingerprint density at radius 2 is 1.71 bits per heavy atom. The number of carbonyl (C=O) groups excluding carboxylic acids is 2. The molecule has 1 unspecified atom stereocenters. The molecule has 0 aliphatic carbocycles. The van der Waals surface area contributed by atoms with Crippen molar-refractivity contribution in [2.24, 2.45) is 0 Å². The van der Waals surface area contributed by atoms with Crippen molar-refractivity contribution in [2.75, 3.05) is 6.61 Å². The molecular weight excluding hydrogens is 435 g/mol. The first-order chi connectivity index (χ1) is 14.4. The summed E-state index contributed by atoms with van der Waals surface area (Å²) in [4.78, 5) is 27.4. The number of hydrogen-bond acceptors (Lipinski definition) is 3. The van der Waals surface area contributed by atoms with Gasteiger partial charge in [-0.3, -0.25) is 9.59 Å². The zero-order valence-electron chi connectivity index (χ0n) is 18.9. The van der Waals surface area contributed by atoms with Crippen LogP contribution in [0.25, 0.3) is 0 Å². The van der Waals surface area contributed by atoms with Gasteiger partial charge in [-0.25, -0.2) is 0 Å². The van der Waals surface area contributed by atoms with Crippen molar-refractivity contribution in [1.29, 1.82) is 0 Å². The molecule has 31 heavy (non-hydrogen) atoms. The number of rotatable bonds is 7. The summed E-state index contributed by atoms with van der Waals surface area (Å²) in [5.41, 5.74) is 2.58. The number of ether oxygens (including phenoxy) is 1. The van der Waals surface area contributed by atoms with Crippen LogP contribution in [0.15, 0.2) is 36.4 Å². The summed E-state index contributed by atoms with van der Waals surface area (Å²) in [6.45, 7) is 11.4. The van der Waals surface area contributed by atoms with Gasteiger partial charge in [0.15, 0.2) is 6.61 Å². The summed E-state index contributed by atoms with van der Waals surface area (Å²) >= 11 is 12.1. The first kappa shape index (κ1) is 25.0. The molecule has 0 saturated heterocycles. The van der Waals surface area contributed by atoms with E-state index < -0.39 is 11.6 Å². The summed E-state index contributed by atoms with van der Waals surface area (Å²) in [6.07, 6.45) is 0. The van der Waals surface area contributed by atoms with Gasteiger partial charge < -0.3 is 15.0 Å². The largest absolute Gasteiger partial charge is 0.484 e. The van der Waals surface area contributed by atoms with Gasteiger partial charge in [0.05, 0.1) is 10.0 Å². The molecule has 1 N–H and O–H groups in total. The van der Waals surface area contributed by atoms with E-state index in [9.17, 15) is 9.59 Å². The summed E-state index contributed by atoms with van der Waals surface area (Å²) < 4.78 is 5.73. The van der Waals surface area contributed by atoms with E-state index in [1.54, 1.807) is 25.1 Å². The third-order valence-corrected chi connectivity index (χ3v) is 5.58. The molecule has 1 atom stereocenters. The molecule has 2 aromatic rings. The molecule has 0 aromatic heterocycles. The van der Waals surface area contributed by atoms with Crippen LogP contribution in [-0.4, -0.2) is 34.9 Å². The first-order valence-corrected chi connectivity index (χ1v) is 10.9. The third-order valence-electron chi connectivity index (χ3n) is 4.84. The Hall–Kier alpha value is -2.24. The zero-order chi connectivity index (χ0) is 23.3. The average molecular weight is 465 g/mol. The minimum atomic E-state index is -0.704. The van der Waals surface area contributed by atoms with Crippen LogP contribution in [-0.2, 0) is 16.1 Å². The zero-order valence-corrected chi connectivity index (χ0v) is 20.4. The Labute approximate surface area is 194 Å². The molecule has 2 aromatic carbocycles. The Kier molecular flexibility index (Phi) is 8.38. The molecular formula is C24H30Cl2N2O3. The highest BCUT2D eigenvalue weighted by Gasteiger charge is 2.28. The van der Waals surface area contributed by atoms with Gasteiger partial charge in [-0.05, 0) is 82.5 Å². The van der Waals surface area contributed by atoms with E-state index >= 15 is 0 Å². The predicted octanol–water partition coefficient (Wildman–Crippen LogP) is 5.32. The van der Waals surface area contributed by atoms with E-state index in [2.05, 4.69) is 5.32 Å². The summed E-state index contributed by atoms with van der Waals surface area (Å²) in [7, 11) is 0. The number of nitrogens with zero attached hydrogens (tertiary/aromatic N) is 1. The van der Waals surface area contributed by atoms with Crippen LogP contribution in [0.2, 0.25) is 10.0 Å². The van der Waals surface area contributed by atoms with E-state index in [4.69, 9.17) is 27.9 Å². The van der Waals surface area contributed by atoms with Gasteiger partial charge in [0.1, 0.15) is 11.8 Å². The lowest BCUT2D eigenvalue weighted by atomic mass is 10.1. The third kappa shape index (κ3) is 7.44.